The van der Waals surface area contributed by atoms with Crippen LogP contribution in [0.25, 0.3) is 0 Å². The van der Waals surface area contributed by atoms with Gasteiger partial charge in [-0.05, 0) is 13.3 Å². The van der Waals surface area contributed by atoms with Gasteiger partial charge in [0.05, 0.1) is 6.10 Å². The summed E-state index contributed by atoms with van der Waals surface area (Å²) in [6.45, 7) is 4.51. The van der Waals surface area contributed by atoms with Crippen LogP contribution in [0.3, 0.4) is 0 Å². The molecule has 0 saturated carbocycles. The van der Waals surface area contributed by atoms with Crippen molar-refractivity contribution in [2.24, 2.45) is 5.84 Å². The molecule has 0 spiro atoms. The van der Waals surface area contributed by atoms with Crippen LogP contribution in [0, 0.1) is 0 Å². The maximum atomic E-state index is 5.64. The molecule has 7 heteroatoms. The Morgan fingerprint density at radius 2 is 2.35 bits per heavy atom. The molecule has 1 atom stereocenters. The van der Waals surface area contributed by atoms with Crippen molar-refractivity contribution in [3.63, 3.8) is 0 Å². The predicted molar refractivity (Wildman–Crippen MR) is 66.5 cm³/mol. The summed E-state index contributed by atoms with van der Waals surface area (Å²) in [5.74, 6) is 6.85. The van der Waals surface area contributed by atoms with Gasteiger partial charge in [0.25, 0.3) is 0 Å². The van der Waals surface area contributed by atoms with Gasteiger partial charge in [-0.15, -0.1) is 0 Å². The molecule has 2 heterocycles. The Morgan fingerprint density at radius 1 is 1.53 bits per heavy atom. The number of rotatable bonds is 2. The van der Waals surface area contributed by atoms with Gasteiger partial charge < -0.3 is 20.8 Å². The molecule has 5 N–H and O–H groups in total. The Hall–Kier alpha value is -1.60. The molecular weight excluding hydrogens is 220 g/mol. The van der Waals surface area contributed by atoms with Gasteiger partial charge in [0.15, 0.2) is 0 Å². The van der Waals surface area contributed by atoms with Crippen molar-refractivity contribution in [2.45, 2.75) is 19.4 Å². The minimum Gasteiger partial charge on any atom is -0.377 e. The number of hydrogen-bond donors (Lipinski definition) is 3. The van der Waals surface area contributed by atoms with Crippen molar-refractivity contribution in [3.05, 3.63) is 6.07 Å². The summed E-state index contributed by atoms with van der Waals surface area (Å²) in [5, 5.41) is 0. The van der Waals surface area contributed by atoms with Crippen molar-refractivity contribution >= 4 is 17.6 Å². The Bertz CT molecular complexity index is 385. The number of hydrogen-bond acceptors (Lipinski definition) is 7. The summed E-state index contributed by atoms with van der Waals surface area (Å²) in [4.78, 5) is 10.3. The molecule has 0 aliphatic carbocycles. The number of ether oxygens (including phenoxy) is 1. The van der Waals surface area contributed by atoms with Crippen molar-refractivity contribution in [3.8, 4) is 0 Å². The first-order valence-electron chi connectivity index (χ1n) is 5.67. The molecule has 1 unspecified atom stereocenters. The van der Waals surface area contributed by atoms with E-state index in [-0.39, 0.29) is 12.1 Å². The second-order valence-electron chi connectivity index (χ2n) is 4.09. The average Bonchev–Trinajstić information content (AvgIpc) is 2.53. The number of nitrogens with zero attached hydrogens (tertiary/aromatic N) is 3. The van der Waals surface area contributed by atoms with E-state index in [0.29, 0.717) is 5.82 Å². The number of nitrogen functional groups attached to an aromatic ring is 2. The molecule has 0 aromatic carbocycles. The van der Waals surface area contributed by atoms with Crippen molar-refractivity contribution in [2.75, 3.05) is 35.8 Å². The maximum absolute atomic E-state index is 5.64. The first kappa shape index (κ1) is 11.9. The molecule has 0 radical (unpaired) electrons. The van der Waals surface area contributed by atoms with Crippen molar-refractivity contribution < 1.29 is 4.74 Å². The van der Waals surface area contributed by atoms with E-state index >= 15 is 0 Å². The fourth-order valence-electron chi connectivity index (χ4n) is 1.89. The Labute approximate surface area is 100 Å². The van der Waals surface area contributed by atoms with Crippen LogP contribution in [0.15, 0.2) is 6.07 Å². The summed E-state index contributed by atoms with van der Waals surface area (Å²) in [6, 6.07) is 1.79. The summed E-state index contributed by atoms with van der Waals surface area (Å²) in [6.07, 6.45) is 1.16. The number of hydrazine groups is 1. The van der Waals surface area contributed by atoms with E-state index in [1.165, 1.54) is 0 Å². The second-order valence-corrected chi connectivity index (χ2v) is 4.09. The van der Waals surface area contributed by atoms with E-state index in [9.17, 15) is 0 Å². The normalized spacial score (nSPS) is 21.1. The van der Waals surface area contributed by atoms with E-state index in [0.717, 1.165) is 31.9 Å². The average molecular weight is 238 g/mol. The van der Waals surface area contributed by atoms with Crippen LogP contribution in [0.5, 0.6) is 0 Å². The van der Waals surface area contributed by atoms with E-state index in [2.05, 4.69) is 20.3 Å². The molecular formula is C10H18N6O. The molecule has 17 heavy (non-hydrogen) atoms. The highest BCUT2D eigenvalue weighted by molar-refractivity contribution is 5.52. The van der Waals surface area contributed by atoms with Crippen LogP contribution >= 0.6 is 0 Å². The molecule has 1 saturated heterocycles. The number of aromatic nitrogens is 2. The topological polar surface area (TPSA) is 102 Å². The van der Waals surface area contributed by atoms with Gasteiger partial charge in [0.1, 0.15) is 11.6 Å². The highest BCUT2D eigenvalue weighted by Crippen LogP contribution is 2.19. The molecule has 1 aromatic heterocycles. The van der Waals surface area contributed by atoms with E-state index < -0.39 is 0 Å². The first-order chi connectivity index (χ1) is 8.19. The summed E-state index contributed by atoms with van der Waals surface area (Å²) in [5.41, 5.74) is 8.12. The molecule has 94 valence electrons. The summed E-state index contributed by atoms with van der Waals surface area (Å²) >= 11 is 0. The van der Waals surface area contributed by atoms with Crippen LogP contribution < -0.4 is 21.9 Å². The fraction of sp³-hybridized carbons (Fsp3) is 0.600. The Balaban J connectivity index is 2.22. The van der Waals surface area contributed by atoms with Crippen molar-refractivity contribution in [1.29, 1.82) is 0 Å². The Kier molecular flexibility index (Phi) is 3.60. The number of anilines is 3. The van der Waals surface area contributed by atoms with Gasteiger partial charge in [-0.1, -0.05) is 0 Å². The molecule has 0 bridgehead atoms. The molecule has 1 fully saturated rings. The molecule has 1 aliphatic rings. The SMILES string of the molecule is CC1CN(c2cc(NN)nc(N)n2)CCCO1. The lowest BCUT2D eigenvalue weighted by molar-refractivity contribution is 0.0820. The van der Waals surface area contributed by atoms with Gasteiger partial charge in [-0.2, -0.15) is 9.97 Å². The zero-order chi connectivity index (χ0) is 12.3. The van der Waals surface area contributed by atoms with Crippen molar-refractivity contribution in [1.82, 2.24) is 9.97 Å². The van der Waals surface area contributed by atoms with Gasteiger partial charge in [-0.3, -0.25) is 0 Å². The minimum absolute atomic E-state index is 0.183. The zero-order valence-corrected chi connectivity index (χ0v) is 9.89. The second kappa shape index (κ2) is 5.15. The lowest BCUT2D eigenvalue weighted by Crippen LogP contribution is -2.31. The third-order valence-corrected chi connectivity index (χ3v) is 2.65. The maximum Gasteiger partial charge on any atom is 0.223 e. The largest absolute Gasteiger partial charge is 0.377 e. The third-order valence-electron chi connectivity index (χ3n) is 2.65. The van der Waals surface area contributed by atoms with Crippen LogP contribution in [0.1, 0.15) is 13.3 Å². The summed E-state index contributed by atoms with van der Waals surface area (Å²) in [7, 11) is 0. The molecule has 0 amide bonds. The fourth-order valence-corrected chi connectivity index (χ4v) is 1.89. The monoisotopic (exact) mass is 238 g/mol. The zero-order valence-electron chi connectivity index (χ0n) is 9.89. The Morgan fingerprint density at radius 3 is 3.12 bits per heavy atom. The molecule has 2 rings (SSSR count). The van der Waals surface area contributed by atoms with Crippen LogP contribution in [-0.4, -0.2) is 35.8 Å². The molecule has 1 aromatic rings. The highest BCUT2D eigenvalue weighted by atomic mass is 16.5. The smallest absolute Gasteiger partial charge is 0.223 e. The van der Waals surface area contributed by atoms with E-state index in [1.54, 1.807) is 6.07 Å². The minimum atomic E-state index is 0.183. The third kappa shape index (κ3) is 2.95. The van der Waals surface area contributed by atoms with Gasteiger partial charge in [0.2, 0.25) is 5.95 Å². The predicted octanol–water partition coefficient (Wildman–Crippen LogP) is -0.0404. The lowest BCUT2D eigenvalue weighted by atomic mass is 10.3. The number of nitrogens with one attached hydrogen (secondary N) is 1. The van der Waals surface area contributed by atoms with E-state index in [4.69, 9.17) is 16.3 Å². The van der Waals surface area contributed by atoms with Crippen LogP contribution in [0.2, 0.25) is 0 Å². The lowest BCUT2D eigenvalue weighted by Gasteiger charge is -2.23. The standard InChI is InChI=1S/C10H18N6O/c1-7-6-16(3-2-4-17-7)9-5-8(15-12)13-10(11)14-9/h5,7H,2-4,6,12H2,1H3,(H3,11,13,14,15). The quantitative estimate of drug-likeness (QED) is 0.490. The summed E-state index contributed by atoms with van der Waals surface area (Å²) < 4.78 is 5.58. The van der Waals surface area contributed by atoms with Crippen LogP contribution in [0.4, 0.5) is 17.6 Å². The van der Waals surface area contributed by atoms with Gasteiger partial charge in [0, 0.05) is 25.8 Å². The molecule has 1 aliphatic heterocycles. The highest BCUT2D eigenvalue weighted by Gasteiger charge is 2.17. The first-order valence-corrected chi connectivity index (χ1v) is 5.67. The van der Waals surface area contributed by atoms with Crippen LogP contribution in [-0.2, 0) is 4.74 Å². The molecule has 7 nitrogen and oxygen atoms in total. The van der Waals surface area contributed by atoms with Gasteiger partial charge in [-0.25, -0.2) is 5.84 Å². The van der Waals surface area contributed by atoms with E-state index in [1.807, 2.05) is 6.92 Å². The van der Waals surface area contributed by atoms with Gasteiger partial charge >= 0.3 is 0 Å². The number of nitrogens with two attached hydrogens (primary N) is 2.